The molecule has 23 heavy (non-hydrogen) atoms. The molecule has 2 rings (SSSR count). The largest absolute Gasteiger partial charge is 0.433 e. The summed E-state index contributed by atoms with van der Waals surface area (Å²) >= 11 is 0. The maximum atomic E-state index is 12.6. The Labute approximate surface area is 136 Å². The molecule has 1 aliphatic rings. The van der Waals surface area contributed by atoms with Crippen molar-refractivity contribution >= 4 is 11.5 Å². The fourth-order valence-corrected chi connectivity index (χ4v) is 2.97. The number of anilines is 1. The first-order valence-electron chi connectivity index (χ1n) is 8.34. The molecule has 128 valence electrons. The Hall–Kier alpha value is -1.65. The fraction of sp³-hybridized carbons (Fsp3) is 0.611. The predicted molar refractivity (Wildman–Crippen MR) is 87.4 cm³/mol. The molecule has 1 aromatic carbocycles. The average molecular weight is 325 g/mol. The van der Waals surface area contributed by atoms with E-state index in [0.29, 0.717) is 17.7 Å². The van der Waals surface area contributed by atoms with Crippen molar-refractivity contribution in [3.63, 3.8) is 0 Å². The summed E-state index contributed by atoms with van der Waals surface area (Å²) in [4.78, 5) is 12.2. The first-order valence-corrected chi connectivity index (χ1v) is 8.34. The van der Waals surface area contributed by atoms with Gasteiger partial charge in [-0.3, -0.25) is 4.79 Å². The van der Waals surface area contributed by atoms with E-state index >= 15 is 0 Å². The Kier molecular flexibility index (Phi) is 6.37. The van der Waals surface area contributed by atoms with Gasteiger partial charge in [0.05, 0.1) is 5.69 Å². The Morgan fingerprint density at radius 3 is 2.57 bits per heavy atom. The van der Waals surface area contributed by atoms with Crippen molar-refractivity contribution in [3.05, 3.63) is 23.8 Å². The Bertz CT molecular complexity index is 526. The summed E-state index contributed by atoms with van der Waals surface area (Å²) in [6.45, 7) is 1.08. The van der Waals surface area contributed by atoms with Crippen LogP contribution in [0.2, 0.25) is 0 Å². The maximum Gasteiger partial charge on any atom is 0.387 e. The molecule has 1 aromatic rings. The van der Waals surface area contributed by atoms with Gasteiger partial charge in [0.2, 0.25) is 0 Å². The van der Waals surface area contributed by atoms with Crippen molar-refractivity contribution in [2.75, 3.05) is 5.32 Å². The first-order chi connectivity index (χ1) is 11.0. The molecule has 0 atom stereocenters. The summed E-state index contributed by atoms with van der Waals surface area (Å²) in [5.74, 6) is 0.385. The molecule has 3 nitrogen and oxygen atoms in total. The van der Waals surface area contributed by atoms with Crippen molar-refractivity contribution in [3.8, 4) is 5.75 Å². The molecular weight excluding hydrogens is 300 g/mol. The molecular formula is C18H25F2NO2. The summed E-state index contributed by atoms with van der Waals surface area (Å²) in [5.41, 5.74) is 1.03. The third kappa shape index (κ3) is 5.48. The SMILES string of the molecule is CC(C)CC(=O)c1ccc(OC(F)F)c(NC2CCCCC2)c1. The lowest BCUT2D eigenvalue weighted by molar-refractivity contribution is -0.0494. The highest BCUT2D eigenvalue weighted by atomic mass is 19.3. The van der Waals surface area contributed by atoms with Crippen LogP contribution in [0, 0.1) is 5.92 Å². The summed E-state index contributed by atoms with van der Waals surface area (Å²) in [7, 11) is 0. The standard InChI is InChI=1S/C18H25F2NO2/c1-12(2)10-16(22)13-8-9-17(23-18(19)20)15(11-13)21-14-6-4-3-5-7-14/h8-9,11-12,14,18,21H,3-7,10H2,1-2H3. The van der Waals surface area contributed by atoms with Gasteiger partial charge in [0, 0.05) is 18.0 Å². The number of rotatable bonds is 7. The number of Topliss-reactive ketones (excluding diaryl/α,β-unsaturated/α-hetero) is 1. The molecule has 0 unspecified atom stereocenters. The summed E-state index contributed by atoms with van der Waals surface area (Å²) in [6.07, 6.45) is 5.95. The number of halogens is 2. The lowest BCUT2D eigenvalue weighted by Crippen LogP contribution is -2.23. The Balaban J connectivity index is 2.20. The molecule has 0 spiro atoms. The van der Waals surface area contributed by atoms with Crippen LogP contribution in [0.25, 0.3) is 0 Å². The zero-order valence-corrected chi connectivity index (χ0v) is 13.8. The third-order valence-electron chi connectivity index (χ3n) is 4.08. The van der Waals surface area contributed by atoms with Crippen LogP contribution >= 0.6 is 0 Å². The predicted octanol–water partition coefficient (Wildman–Crippen LogP) is 5.26. The van der Waals surface area contributed by atoms with Gasteiger partial charge in [0.15, 0.2) is 5.78 Å². The van der Waals surface area contributed by atoms with Gasteiger partial charge in [-0.15, -0.1) is 0 Å². The van der Waals surface area contributed by atoms with Crippen LogP contribution in [0.5, 0.6) is 5.75 Å². The van der Waals surface area contributed by atoms with Gasteiger partial charge in [-0.2, -0.15) is 8.78 Å². The van der Waals surface area contributed by atoms with Gasteiger partial charge in [-0.25, -0.2) is 0 Å². The van der Waals surface area contributed by atoms with Crippen molar-refractivity contribution in [2.24, 2.45) is 5.92 Å². The minimum absolute atomic E-state index is 0.0234. The third-order valence-corrected chi connectivity index (χ3v) is 4.08. The molecule has 0 amide bonds. The molecule has 1 N–H and O–H groups in total. The van der Waals surface area contributed by atoms with Gasteiger partial charge in [0.1, 0.15) is 5.75 Å². The lowest BCUT2D eigenvalue weighted by Gasteiger charge is -2.25. The highest BCUT2D eigenvalue weighted by molar-refractivity contribution is 5.97. The van der Waals surface area contributed by atoms with Crippen LogP contribution in [0.4, 0.5) is 14.5 Å². The van der Waals surface area contributed by atoms with Crippen LogP contribution in [0.15, 0.2) is 18.2 Å². The van der Waals surface area contributed by atoms with Crippen LogP contribution in [-0.4, -0.2) is 18.4 Å². The van der Waals surface area contributed by atoms with Gasteiger partial charge in [-0.1, -0.05) is 33.1 Å². The number of carbonyl (C=O) groups is 1. The van der Waals surface area contributed by atoms with Crippen LogP contribution in [0.1, 0.15) is 62.7 Å². The van der Waals surface area contributed by atoms with Crippen molar-refractivity contribution in [1.82, 2.24) is 0 Å². The van der Waals surface area contributed by atoms with E-state index in [2.05, 4.69) is 10.1 Å². The fourth-order valence-electron chi connectivity index (χ4n) is 2.97. The van der Waals surface area contributed by atoms with Gasteiger partial charge < -0.3 is 10.1 Å². The molecule has 5 heteroatoms. The maximum absolute atomic E-state index is 12.6. The molecule has 0 saturated heterocycles. The van der Waals surface area contributed by atoms with Gasteiger partial charge in [-0.05, 0) is 37.0 Å². The quantitative estimate of drug-likeness (QED) is 0.695. The first kappa shape index (κ1) is 17.7. The number of benzene rings is 1. The smallest absolute Gasteiger partial charge is 0.387 e. The number of hydrogen-bond acceptors (Lipinski definition) is 3. The second kappa shape index (κ2) is 8.27. The number of ether oxygens (including phenoxy) is 1. The van der Waals surface area contributed by atoms with E-state index in [1.54, 1.807) is 12.1 Å². The van der Waals surface area contributed by atoms with Crippen LogP contribution in [0.3, 0.4) is 0 Å². The Morgan fingerprint density at radius 2 is 1.96 bits per heavy atom. The molecule has 1 aliphatic carbocycles. The number of nitrogens with one attached hydrogen (secondary N) is 1. The molecule has 0 heterocycles. The highest BCUT2D eigenvalue weighted by Gasteiger charge is 2.18. The molecule has 1 saturated carbocycles. The highest BCUT2D eigenvalue weighted by Crippen LogP contribution is 2.31. The van der Waals surface area contributed by atoms with Crippen molar-refractivity contribution in [2.45, 2.75) is 65.0 Å². The van der Waals surface area contributed by atoms with E-state index in [-0.39, 0.29) is 23.5 Å². The van der Waals surface area contributed by atoms with Crippen LogP contribution in [-0.2, 0) is 0 Å². The molecule has 0 radical (unpaired) electrons. The minimum Gasteiger partial charge on any atom is -0.433 e. The van der Waals surface area contributed by atoms with E-state index in [0.717, 1.165) is 25.7 Å². The summed E-state index contributed by atoms with van der Waals surface area (Å²) in [5, 5.41) is 3.29. The molecule has 1 fully saturated rings. The van der Waals surface area contributed by atoms with E-state index in [1.165, 1.54) is 12.5 Å². The monoisotopic (exact) mass is 325 g/mol. The topological polar surface area (TPSA) is 38.3 Å². The summed E-state index contributed by atoms with van der Waals surface area (Å²) < 4.78 is 29.8. The number of alkyl halides is 2. The van der Waals surface area contributed by atoms with E-state index in [4.69, 9.17) is 0 Å². The average Bonchev–Trinajstić information content (AvgIpc) is 2.49. The minimum atomic E-state index is -2.88. The lowest BCUT2D eigenvalue weighted by atomic mass is 9.95. The second-order valence-corrected chi connectivity index (χ2v) is 6.59. The Morgan fingerprint density at radius 1 is 1.26 bits per heavy atom. The normalized spacial score (nSPS) is 15.9. The number of ketones is 1. The van der Waals surface area contributed by atoms with Crippen LogP contribution < -0.4 is 10.1 Å². The van der Waals surface area contributed by atoms with Crippen molar-refractivity contribution < 1.29 is 18.3 Å². The van der Waals surface area contributed by atoms with E-state index in [9.17, 15) is 13.6 Å². The zero-order chi connectivity index (χ0) is 16.8. The second-order valence-electron chi connectivity index (χ2n) is 6.59. The number of carbonyl (C=O) groups excluding carboxylic acids is 1. The van der Waals surface area contributed by atoms with E-state index < -0.39 is 6.61 Å². The molecule has 0 bridgehead atoms. The number of hydrogen-bond donors (Lipinski definition) is 1. The van der Waals surface area contributed by atoms with Gasteiger partial charge >= 0.3 is 6.61 Å². The summed E-state index contributed by atoms with van der Waals surface area (Å²) in [6, 6.07) is 4.93. The van der Waals surface area contributed by atoms with Crippen molar-refractivity contribution in [1.29, 1.82) is 0 Å². The van der Waals surface area contributed by atoms with Gasteiger partial charge in [0.25, 0.3) is 0 Å². The molecule has 0 aromatic heterocycles. The zero-order valence-electron chi connectivity index (χ0n) is 13.8. The molecule has 0 aliphatic heterocycles. The van der Waals surface area contributed by atoms with E-state index in [1.807, 2.05) is 13.8 Å².